The lowest BCUT2D eigenvalue weighted by Gasteiger charge is -2.07. The van der Waals surface area contributed by atoms with Crippen molar-refractivity contribution in [3.8, 4) is 5.95 Å². The Kier molecular flexibility index (Phi) is 4.10. The number of hydrogen-bond acceptors (Lipinski definition) is 8. The molecule has 1 N–H and O–H groups in total. The van der Waals surface area contributed by atoms with E-state index in [-0.39, 0.29) is 0 Å². The molecule has 108 valence electrons. The third-order valence-electron chi connectivity index (χ3n) is 2.62. The first kappa shape index (κ1) is 13.6. The van der Waals surface area contributed by atoms with Crippen molar-refractivity contribution in [2.75, 3.05) is 11.9 Å². The molecule has 0 aliphatic heterocycles. The highest BCUT2D eigenvalue weighted by Crippen LogP contribution is 2.11. The first-order chi connectivity index (χ1) is 10.3. The fourth-order valence-electron chi connectivity index (χ4n) is 1.69. The van der Waals surface area contributed by atoms with Crippen molar-refractivity contribution in [2.24, 2.45) is 0 Å². The number of hydrogen-bond donors (Lipinski definition) is 1. The summed E-state index contributed by atoms with van der Waals surface area (Å²) < 4.78 is 1.52. The molecule has 0 fully saturated rings. The minimum absolute atomic E-state index is 0.452. The maximum Gasteiger partial charge on any atom is 0.257 e. The quantitative estimate of drug-likeness (QED) is 0.733. The molecule has 8 nitrogen and oxygen atoms in total. The Hall–Kier alpha value is -2.42. The van der Waals surface area contributed by atoms with Crippen molar-refractivity contribution in [3.05, 3.63) is 35.1 Å². The summed E-state index contributed by atoms with van der Waals surface area (Å²) in [7, 11) is 0. The van der Waals surface area contributed by atoms with Gasteiger partial charge in [0, 0.05) is 18.1 Å². The summed E-state index contributed by atoms with van der Waals surface area (Å²) in [6.07, 6.45) is 6.35. The topological polar surface area (TPSA) is 94.3 Å². The second-order valence-corrected chi connectivity index (χ2v) is 5.22. The molecule has 0 saturated heterocycles. The number of nitrogens with zero attached hydrogens (tertiary/aromatic N) is 7. The minimum Gasteiger partial charge on any atom is -0.354 e. The van der Waals surface area contributed by atoms with Crippen molar-refractivity contribution in [1.82, 2.24) is 34.7 Å². The van der Waals surface area contributed by atoms with E-state index >= 15 is 0 Å². The normalized spacial score (nSPS) is 10.7. The van der Waals surface area contributed by atoms with Crippen LogP contribution in [0.3, 0.4) is 0 Å². The number of rotatable bonds is 6. The Balaban J connectivity index is 1.92. The zero-order valence-electron chi connectivity index (χ0n) is 11.5. The fraction of sp³-hybridized carbons (Fsp3) is 0.333. The van der Waals surface area contributed by atoms with Gasteiger partial charge in [-0.05, 0) is 6.42 Å². The maximum absolute atomic E-state index is 4.43. The molecule has 0 atom stereocenters. The maximum atomic E-state index is 4.43. The van der Waals surface area contributed by atoms with Crippen molar-refractivity contribution in [2.45, 2.75) is 19.8 Å². The lowest BCUT2D eigenvalue weighted by Crippen LogP contribution is -2.12. The minimum atomic E-state index is 0.452. The summed E-state index contributed by atoms with van der Waals surface area (Å²) in [4.78, 5) is 21.4. The Morgan fingerprint density at radius 1 is 1.29 bits per heavy atom. The highest BCUT2D eigenvalue weighted by molar-refractivity contribution is 7.09. The van der Waals surface area contributed by atoms with Crippen LogP contribution in [-0.4, -0.2) is 41.2 Å². The van der Waals surface area contributed by atoms with E-state index in [4.69, 9.17) is 0 Å². The van der Waals surface area contributed by atoms with E-state index in [0.717, 1.165) is 18.0 Å². The van der Waals surface area contributed by atoms with Gasteiger partial charge in [0.25, 0.3) is 5.95 Å². The number of aromatic nitrogens is 7. The Bertz CT molecular complexity index is 679. The van der Waals surface area contributed by atoms with E-state index in [1.165, 1.54) is 11.0 Å². The summed E-state index contributed by atoms with van der Waals surface area (Å²) in [6.45, 7) is 2.89. The van der Waals surface area contributed by atoms with Gasteiger partial charge in [-0.2, -0.15) is 24.7 Å². The van der Waals surface area contributed by atoms with E-state index in [2.05, 4.69) is 42.3 Å². The number of anilines is 1. The lowest BCUT2D eigenvalue weighted by molar-refractivity contribution is 0.769. The molecule has 0 amide bonds. The predicted octanol–water partition coefficient (Wildman–Crippen LogP) is 1.32. The van der Waals surface area contributed by atoms with E-state index < -0.39 is 0 Å². The van der Waals surface area contributed by atoms with Gasteiger partial charge in [-0.3, -0.25) is 0 Å². The van der Waals surface area contributed by atoms with Gasteiger partial charge in [0.15, 0.2) is 0 Å². The van der Waals surface area contributed by atoms with Crippen LogP contribution >= 0.6 is 11.3 Å². The van der Waals surface area contributed by atoms with Gasteiger partial charge in [0.2, 0.25) is 5.95 Å². The van der Waals surface area contributed by atoms with E-state index in [1.807, 2.05) is 5.38 Å². The lowest BCUT2D eigenvalue weighted by atomic mass is 10.4. The highest BCUT2D eigenvalue weighted by atomic mass is 32.1. The molecule has 0 saturated carbocycles. The smallest absolute Gasteiger partial charge is 0.257 e. The molecule has 0 aromatic carbocycles. The molecule has 0 aliphatic rings. The SMILES string of the molecule is CCCNc1nc(Cc2nccs2)nc(-n2cncn2)n1. The second-order valence-electron chi connectivity index (χ2n) is 4.24. The number of thiazole rings is 1. The van der Waals surface area contributed by atoms with Gasteiger partial charge < -0.3 is 5.32 Å². The second kappa shape index (κ2) is 6.35. The van der Waals surface area contributed by atoms with Crippen LogP contribution in [0, 0.1) is 0 Å². The van der Waals surface area contributed by atoms with Gasteiger partial charge in [-0.15, -0.1) is 11.3 Å². The first-order valence-corrected chi connectivity index (χ1v) is 7.45. The third-order valence-corrected chi connectivity index (χ3v) is 3.40. The van der Waals surface area contributed by atoms with Crippen molar-refractivity contribution in [1.29, 1.82) is 0 Å². The van der Waals surface area contributed by atoms with Gasteiger partial charge in [-0.1, -0.05) is 6.92 Å². The molecule has 9 heteroatoms. The molecule has 21 heavy (non-hydrogen) atoms. The van der Waals surface area contributed by atoms with Crippen LogP contribution in [0.15, 0.2) is 24.2 Å². The Labute approximate surface area is 125 Å². The monoisotopic (exact) mass is 302 g/mol. The molecule has 0 radical (unpaired) electrons. The molecule has 0 unspecified atom stereocenters. The van der Waals surface area contributed by atoms with Crippen LogP contribution in [0.5, 0.6) is 0 Å². The number of nitrogens with one attached hydrogen (secondary N) is 1. The largest absolute Gasteiger partial charge is 0.354 e. The van der Waals surface area contributed by atoms with Gasteiger partial charge >= 0.3 is 0 Å². The van der Waals surface area contributed by atoms with E-state index in [1.54, 1.807) is 23.9 Å². The van der Waals surface area contributed by atoms with Crippen LogP contribution in [-0.2, 0) is 6.42 Å². The average molecular weight is 302 g/mol. The summed E-state index contributed by atoms with van der Waals surface area (Å²) in [5.74, 6) is 1.65. The molecule has 3 heterocycles. The summed E-state index contributed by atoms with van der Waals surface area (Å²) >= 11 is 1.58. The predicted molar refractivity (Wildman–Crippen MR) is 78.4 cm³/mol. The molecule has 0 bridgehead atoms. The average Bonchev–Trinajstić information content (AvgIpc) is 3.18. The molecule has 3 aromatic rings. The molecule has 0 aliphatic carbocycles. The Morgan fingerprint density at radius 3 is 2.95 bits per heavy atom. The molecular formula is C12H14N8S. The van der Waals surface area contributed by atoms with Crippen LogP contribution in [0.4, 0.5) is 5.95 Å². The van der Waals surface area contributed by atoms with Crippen LogP contribution < -0.4 is 5.32 Å². The van der Waals surface area contributed by atoms with E-state index in [9.17, 15) is 0 Å². The first-order valence-electron chi connectivity index (χ1n) is 6.57. The third kappa shape index (κ3) is 3.37. The fourth-order valence-corrected chi connectivity index (χ4v) is 2.30. The summed E-state index contributed by atoms with van der Waals surface area (Å²) in [5, 5.41) is 10.1. The van der Waals surface area contributed by atoms with Gasteiger partial charge in [0.05, 0.1) is 6.42 Å². The highest BCUT2D eigenvalue weighted by Gasteiger charge is 2.10. The van der Waals surface area contributed by atoms with Gasteiger partial charge in [0.1, 0.15) is 23.5 Å². The standard InChI is InChI=1S/C12H14N8S/c1-2-3-15-11-17-9(6-10-14-4-5-21-10)18-12(19-11)20-8-13-7-16-20/h4-5,7-8H,2-3,6H2,1H3,(H,15,17,18,19). The summed E-state index contributed by atoms with van der Waals surface area (Å²) in [6, 6.07) is 0. The molecular weight excluding hydrogens is 288 g/mol. The van der Waals surface area contributed by atoms with Crippen molar-refractivity contribution in [3.63, 3.8) is 0 Å². The molecule has 3 aromatic heterocycles. The molecule has 0 spiro atoms. The van der Waals surface area contributed by atoms with Crippen molar-refractivity contribution < 1.29 is 0 Å². The zero-order valence-corrected chi connectivity index (χ0v) is 12.3. The zero-order chi connectivity index (χ0) is 14.5. The molecule has 3 rings (SSSR count). The van der Waals surface area contributed by atoms with Crippen LogP contribution in [0.1, 0.15) is 24.2 Å². The van der Waals surface area contributed by atoms with Crippen molar-refractivity contribution >= 4 is 17.3 Å². The van der Waals surface area contributed by atoms with E-state index in [0.29, 0.717) is 24.1 Å². The van der Waals surface area contributed by atoms with Crippen LogP contribution in [0.2, 0.25) is 0 Å². The van der Waals surface area contributed by atoms with Gasteiger partial charge in [-0.25, -0.2) is 9.97 Å². The summed E-state index contributed by atoms with van der Waals surface area (Å²) in [5.41, 5.74) is 0. The Morgan fingerprint density at radius 2 is 2.24 bits per heavy atom. The van der Waals surface area contributed by atoms with Crippen LogP contribution in [0.25, 0.3) is 5.95 Å².